The maximum Gasteiger partial charge on any atom is 0.326 e. The summed E-state index contributed by atoms with van der Waals surface area (Å²) in [6, 6.07) is -1.66. The van der Waals surface area contributed by atoms with Crippen LogP contribution in [0.25, 0.3) is 0 Å². The second-order valence-corrected chi connectivity index (χ2v) is 6.99. The Morgan fingerprint density at radius 2 is 2.00 bits per heavy atom. The van der Waals surface area contributed by atoms with Crippen LogP contribution in [-0.4, -0.2) is 84.7 Å². The second kappa shape index (κ2) is 5.74. The van der Waals surface area contributed by atoms with Gasteiger partial charge < -0.3 is 20.0 Å². The van der Waals surface area contributed by atoms with Crippen molar-refractivity contribution in [2.24, 2.45) is 0 Å². The van der Waals surface area contributed by atoms with Crippen LogP contribution in [0.5, 0.6) is 0 Å². The molecule has 0 aromatic rings. The van der Waals surface area contributed by atoms with Crippen molar-refractivity contribution in [3.63, 3.8) is 0 Å². The molecular formula is C10H18N2O6S. The lowest BCUT2D eigenvalue weighted by Crippen LogP contribution is -2.47. The van der Waals surface area contributed by atoms with E-state index in [1.165, 1.54) is 7.05 Å². The third kappa shape index (κ3) is 4.35. The highest BCUT2D eigenvalue weighted by molar-refractivity contribution is 7.90. The predicted molar refractivity (Wildman–Crippen MR) is 66.5 cm³/mol. The number of hydrogen-bond donors (Lipinski definition) is 2. The number of nitrogens with zero attached hydrogens (tertiary/aromatic N) is 2. The summed E-state index contributed by atoms with van der Waals surface area (Å²) in [5, 5.41) is 18.4. The van der Waals surface area contributed by atoms with Crippen molar-refractivity contribution < 1.29 is 28.2 Å². The van der Waals surface area contributed by atoms with Gasteiger partial charge in [-0.1, -0.05) is 0 Å². The average molecular weight is 294 g/mol. The van der Waals surface area contributed by atoms with E-state index in [2.05, 4.69) is 0 Å². The highest BCUT2D eigenvalue weighted by Gasteiger charge is 2.40. The lowest BCUT2D eigenvalue weighted by atomic mass is 10.2. The summed E-state index contributed by atoms with van der Waals surface area (Å²) in [6.45, 7) is -0.0738. The van der Waals surface area contributed by atoms with Crippen LogP contribution in [0.4, 0.5) is 4.79 Å². The SMILES string of the molecule is CN(CCS(C)(=O)=O)C(=O)N1C[C@H](O)C[C@H]1C(=O)O. The molecule has 1 saturated heterocycles. The minimum atomic E-state index is -3.19. The number of urea groups is 1. The van der Waals surface area contributed by atoms with Gasteiger partial charge in [-0.2, -0.15) is 0 Å². The number of amides is 2. The molecule has 1 fully saturated rings. The fourth-order valence-electron chi connectivity index (χ4n) is 1.88. The van der Waals surface area contributed by atoms with Gasteiger partial charge in [-0.05, 0) is 0 Å². The first-order valence-electron chi connectivity index (χ1n) is 5.72. The fraction of sp³-hybridized carbons (Fsp3) is 0.800. The molecule has 1 aliphatic rings. The van der Waals surface area contributed by atoms with Crippen molar-refractivity contribution in [2.45, 2.75) is 18.6 Å². The smallest absolute Gasteiger partial charge is 0.326 e. The van der Waals surface area contributed by atoms with Crippen molar-refractivity contribution in [3.8, 4) is 0 Å². The lowest BCUT2D eigenvalue weighted by molar-refractivity contribution is -0.141. The highest BCUT2D eigenvalue weighted by Crippen LogP contribution is 2.19. The summed E-state index contributed by atoms with van der Waals surface area (Å²) in [4.78, 5) is 25.2. The Morgan fingerprint density at radius 3 is 2.47 bits per heavy atom. The van der Waals surface area contributed by atoms with Crippen molar-refractivity contribution in [2.75, 3.05) is 32.1 Å². The Labute approximate surface area is 111 Å². The molecule has 0 radical (unpaired) electrons. The zero-order chi connectivity index (χ0) is 14.8. The van der Waals surface area contributed by atoms with Crippen molar-refractivity contribution in [1.29, 1.82) is 0 Å². The molecule has 2 amide bonds. The maximum atomic E-state index is 12.0. The molecule has 110 valence electrons. The first-order valence-corrected chi connectivity index (χ1v) is 7.78. The third-order valence-electron chi connectivity index (χ3n) is 2.93. The van der Waals surface area contributed by atoms with Gasteiger partial charge in [-0.3, -0.25) is 0 Å². The van der Waals surface area contributed by atoms with E-state index in [0.29, 0.717) is 0 Å². The number of β-amino-alcohol motifs (C(OH)–C–C–N with tert-alkyl or cyclic N) is 1. The van der Waals surface area contributed by atoms with Gasteiger partial charge in [0.25, 0.3) is 0 Å². The molecule has 0 aliphatic carbocycles. The monoisotopic (exact) mass is 294 g/mol. The standard InChI is InChI=1S/C10H18N2O6S/c1-11(3-4-19(2,17)18)10(16)12-6-7(13)5-8(12)9(14)15/h7-8,13H,3-6H2,1-2H3,(H,14,15)/t7-,8+/m1/s1. The zero-order valence-electron chi connectivity index (χ0n) is 10.8. The number of aliphatic carboxylic acids is 1. The summed E-state index contributed by atoms with van der Waals surface area (Å²) in [7, 11) is -1.80. The minimum Gasteiger partial charge on any atom is -0.480 e. The van der Waals surface area contributed by atoms with Gasteiger partial charge in [0.1, 0.15) is 15.9 Å². The van der Waals surface area contributed by atoms with E-state index in [-0.39, 0.29) is 25.3 Å². The molecule has 0 aromatic heterocycles. The first-order chi connectivity index (χ1) is 8.61. The van der Waals surface area contributed by atoms with Crippen molar-refractivity contribution >= 4 is 21.8 Å². The van der Waals surface area contributed by atoms with Crippen LogP contribution < -0.4 is 0 Å². The Balaban J connectivity index is 2.68. The maximum absolute atomic E-state index is 12.0. The molecule has 0 spiro atoms. The van der Waals surface area contributed by atoms with E-state index in [0.717, 1.165) is 16.1 Å². The van der Waals surface area contributed by atoms with Gasteiger partial charge in [-0.25, -0.2) is 18.0 Å². The van der Waals surface area contributed by atoms with E-state index in [9.17, 15) is 23.1 Å². The van der Waals surface area contributed by atoms with Gasteiger partial charge in [0.15, 0.2) is 0 Å². The number of carbonyl (C=O) groups excluding carboxylic acids is 1. The highest BCUT2D eigenvalue weighted by atomic mass is 32.2. The molecule has 0 unspecified atom stereocenters. The van der Waals surface area contributed by atoms with Crippen LogP contribution in [-0.2, 0) is 14.6 Å². The van der Waals surface area contributed by atoms with E-state index >= 15 is 0 Å². The molecule has 2 atom stereocenters. The van der Waals surface area contributed by atoms with Crippen LogP contribution in [0, 0.1) is 0 Å². The molecule has 1 aliphatic heterocycles. The Kier molecular flexibility index (Phi) is 4.75. The molecule has 1 heterocycles. The first kappa shape index (κ1) is 15.7. The second-order valence-electron chi connectivity index (χ2n) is 4.73. The Bertz CT molecular complexity index is 463. The number of aliphatic hydroxyl groups is 1. The van der Waals surface area contributed by atoms with Gasteiger partial charge >= 0.3 is 12.0 Å². The van der Waals surface area contributed by atoms with Crippen LogP contribution in [0.1, 0.15) is 6.42 Å². The van der Waals surface area contributed by atoms with Crippen molar-refractivity contribution in [3.05, 3.63) is 0 Å². The summed E-state index contributed by atoms with van der Waals surface area (Å²) < 4.78 is 22.0. The van der Waals surface area contributed by atoms with E-state index in [1.54, 1.807) is 0 Å². The van der Waals surface area contributed by atoms with Crippen LogP contribution >= 0.6 is 0 Å². The number of hydrogen-bond acceptors (Lipinski definition) is 5. The van der Waals surface area contributed by atoms with Gasteiger partial charge in [0.05, 0.1) is 11.9 Å². The topological polar surface area (TPSA) is 115 Å². The molecule has 9 heteroatoms. The van der Waals surface area contributed by atoms with Crippen molar-refractivity contribution in [1.82, 2.24) is 9.80 Å². The summed E-state index contributed by atoms with van der Waals surface area (Å²) in [5.41, 5.74) is 0. The number of carbonyl (C=O) groups is 2. The Hall–Kier alpha value is -1.35. The molecule has 19 heavy (non-hydrogen) atoms. The quantitative estimate of drug-likeness (QED) is 0.659. The number of sulfone groups is 1. The third-order valence-corrected chi connectivity index (χ3v) is 3.86. The molecule has 1 rings (SSSR count). The molecule has 0 saturated carbocycles. The number of carboxylic acid groups (broad SMARTS) is 1. The van der Waals surface area contributed by atoms with E-state index in [1.807, 2.05) is 0 Å². The fourth-order valence-corrected chi connectivity index (χ4v) is 2.48. The average Bonchev–Trinajstić information content (AvgIpc) is 2.66. The molecule has 0 bridgehead atoms. The van der Waals surface area contributed by atoms with Crippen LogP contribution in [0.15, 0.2) is 0 Å². The number of aliphatic hydroxyl groups excluding tert-OH is 1. The molecular weight excluding hydrogens is 276 g/mol. The molecule has 2 N–H and O–H groups in total. The number of likely N-dealkylation sites (tertiary alicyclic amines) is 1. The van der Waals surface area contributed by atoms with Gasteiger partial charge in [0, 0.05) is 32.8 Å². The normalized spacial score (nSPS) is 23.4. The predicted octanol–water partition coefficient (Wildman–Crippen LogP) is -1.40. The summed E-state index contributed by atoms with van der Waals surface area (Å²) in [5.74, 6) is -1.37. The van der Waals surface area contributed by atoms with Gasteiger partial charge in [0.2, 0.25) is 0 Å². The molecule has 8 nitrogen and oxygen atoms in total. The summed E-state index contributed by atoms with van der Waals surface area (Å²) >= 11 is 0. The number of rotatable bonds is 4. The minimum absolute atomic E-state index is 0.0129. The van der Waals surface area contributed by atoms with E-state index in [4.69, 9.17) is 5.11 Å². The molecule has 0 aromatic carbocycles. The van der Waals surface area contributed by atoms with Crippen LogP contribution in [0.2, 0.25) is 0 Å². The van der Waals surface area contributed by atoms with Crippen LogP contribution in [0.3, 0.4) is 0 Å². The lowest BCUT2D eigenvalue weighted by Gasteiger charge is -2.27. The van der Waals surface area contributed by atoms with Gasteiger partial charge in [-0.15, -0.1) is 0 Å². The number of carboxylic acids is 1. The van der Waals surface area contributed by atoms with E-state index < -0.39 is 34.0 Å². The summed E-state index contributed by atoms with van der Waals surface area (Å²) in [6.07, 6.45) is 0.180. The largest absolute Gasteiger partial charge is 0.480 e. The Morgan fingerprint density at radius 1 is 1.42 bits per heavy atom. The zero-order valence-corrected chi connectivity index (χ0v) is 11.6.